The Balaban J connectivity index is 1.26. The molecule has 6 rings (SSSR count). The third-order valence-corrected chi connectivity index (χ3v) is 10.6. The quantitative estimate of drug-likeness (QED) is 0.112. The number of rotatable bonds is 14. The predicted octanol–water partition coefficient (Wildman–Crippen LogP) is 5.90. The average Bonchev–Trinajstić information content (AvgIpc) is 3.81. The lowest BCUT2D eigenvalue weighted by atomic mass is 10.0. The number of hydrogen-bond donors (Lipinski definition) is 0. The number of halogens is 4. The van der Waals surface area contributed by atoms with Gasteiger partial charge < -0.3 is 33.8 Å². The van der Waals surface area contributed by atoms with Crippen molar-refractivity contribution in [2.24, 2.45) is 5.92 Å². The lowest BCUT2D eigenvalue weighted by Gasteiger charge is -2.28. The van der Waals surface area contributed by atoms with Crippen LogP contribution in [0.3, 0.4) is 0 Å². The van der Waals surface area contributed by atoms with Crippen molar-refractivity contribution < 1.29 is 46.8 Å². The van der Waals surface area contributed by atoms with E-state index in [1.54, 1.807) is 25.3 Å². The molecule has 16 heteroatoms. The van der Waals surface area contributed by atoms with Gasteiger partial charge >= 0.3 is 12.6 Å². The predicted molar refractivity (Wildman–Crippen MR) is 186 cm³/mol. The highest BCUT2D eigenvalue weighted by Gasteiger charge is 2.38. The Morgan fingerprint density at radius 2 is 1.76 bits per heavy atom. The third-order valence-electron chi connectivity index (χ3n) is 8.81. The van der Waals surface area contributed by atoms with E-state index in [2.05, 4.69) is 4.90 Å². The van der Waals surface area contributed by atoms with Gasteiger partial charge in [-0.2, -0.15) is 13.5 Å². The molecule has 3 heterocycles. The van der Waals surface area contributed by atoms with Crippen LogP contribution in [0.15, 0.2) is 48.8 Å². The van der Waals surface area contributed by atoms with E-state index in [1.165, 1.54) is 34.9 Å². The van der Waals surface area contributed by atoms with E-state index < -0.39 is 24.1 Å². The molecule has 1 amide bonds. The molecular weight excluding hydrogens is 731 g/mol. The van der Waals surface area contributed by atoms with Gasteiger partial charge in [0.1, 0.15) is 21.9 Å². The molecular formula is C35H37Cl2F2N3O8S. The number of carbonyl (C=O) groups is 2. The fourth-order valence-electron chi connectivity index (χ4n) is 5.93. The summed E-state index contributed by atoms with van der Waals surface area (Å²) in [4.78, 5) is 31.6. The Kier molecular flexibility index (Phi) is 12.3. The number of morpholine rings is 1. The number of carbonyl (C=O) groups excluding carboxylic acids is 2. The maximum absolute atomic E-state index is 14.0. The molecule has 1 aliphatic carbocycles. The van der Waals surface area contributed by atoms with Crippen LogP contribution in [0.1, 0.15) is 46.0 Å². The van der Waals surface area contributed by atoms with Crippen LogP contribution in [-0.2, 0) is 27.2 Å². The first-order chi connectivity index (χ1) is 24.6. The van der Waals surface area contributed by atoms with Gasteiger partial charge in [-0.1, -0.05) is 29.3 Å². The standard InChI is InChI=1S/C35H37Cl2F2N3O8S/c1-46-28-6-5-23(14-24(28)17-40-8-11-47-12-9-40)32(43)42-10-13-51-33(42)34(44)49-30(16-25-26(36)18-41(45)19-27(25)37)22-4-7-29(50-35(38)39)31(15-22)48-20-21-2-3-21/h4-7,14-15,18-19,21,30,33,35H,2-3,8-13,16-17,20H2,1H3/t30-,33-/m0/s1. The number of aromatic nitrogens is 1. The summed E-state index contributed by atoms with van der Waals surface area (Å²) in [5.74, 6) is 0.300. The lowest BCUT2D eigenvalue weighted by molar-refractivity contribution is -0.605. The van der Waals surface area contributed by atoms with Crippen molar-refractivity contribution in [3.8, 4) is 17.2 Å². The van der Waals surface area contributed by atoms with Crippen molar-refractivity contribution in [3.05, 3.63) is 86.3 Å². The smallest absolute Gasteiger partial charge is 0.387 e. The summed E-state index contributed by atoms with van der Waals surface area (Å²) in [6.45, 7) is 0.857. The molecule has 0 unspecified atom stereocenters. The summed E-state index contributed by atoms with van der Waals surface area (Å²) < 4.78 is 54.7. The number of thioether (sulfide) groups is 1. The Morgan fingerprint density at radius 3 is 2.45 bits per heavy atom. The maximum Gasteiger partial charge on any atom is 0.387 e. The second-order valence-corrected chi connectivity index (χ2v) is 14.4. The molecule has 1 aromatic heterocycles. The normalized spacial score (nSPS) is 18.5. The van der Waals surface area contributed by atoms with E-state index in [-0.39, 0.29) is 33.9 Å². The molecule has 1 saturated carbocycles. The minimum Gasteiger partial charge on any atom is -0.619 e. The van der Waals surface area contributed by atoms with Gasteiger partial charge in [-0.15, -0.1) is 11.8 Å². The number of methoxy groups -OCH3 is 1. The van der Waals surface area contributed by atoms with Gasteiger partial charge in [-0.25, -0.2) is 4.79 Å². The van der Waals surface area contributed by atoms with Gasteiger partial charge in [0, 0.05) is 55.0 Å². The SMILES string of the molecule is COc1ccc(C(=O)N2CCS[C@H]2C(=O)O[C@@H](Cc2c(Cl)c[n+]([O-])cc2Cl)c2ccc(OC(F)F)c(OCC3CC3)c2)cc1CN1CCOCC1. The second-order valence-electron chi connectivity index (χ2n) is 12.4. The van der Waals surface area contributed by atoms with Gasteiger partial charge in [0.2, 0.25) is 0 Å². The zero-order chi connectivity index (χ0) is 36.1. The number of benzene rings is 2. The van der Waals surface area contributed by atoms with Crippen molar-refractivity contribution in [3.63, 3.8) is 0 Å². The highest BCUT2D eigenvalue weighted by molar-refractivity contribution is 8.00. The number of ether oxygens (including phenoxy) is 5. The topological polar surface area (TPSA) is 114 Å². The minimum atomic E-state index is -3.09. The van der Waals surface area contributed by atoms with Crippen LogP contribution < -0.4 is 18.9 Å². The first-order valence-electron chi connectivity index (χ1n) is 16.5. The van der Waals surface area contributed by atoms with Crippen molar-refractivity contribution >= 4 is 46.8 Å². The fraction of sp³-hybridized carbons (Fsp3) is 0.457. The highest BCUT2D eigenvalue weighted by atomic mass is 35.5. The average molecular weight is 769 g/mol. The van der Waals surface area contributed by atoms with Gasteiger partial charge in [0.05, 0.1) is 26.9 Å². The number of amides is 1. The van der Waals surface area contributed by atoms with Crippen LogP contribution in [-0.4, -0.2) is 86.0 Å². The zero-order valence-corrected chi connectivity index (χ0v) is 30.1. The summed E-state index contributed by atoms with van der Waals surface area (Å²) >= 11 is 14.1. The van der Waals surface area contributed by atoms with Crippen molar-refractivity contribution in [1.82, 2.24) is 9.80 Å². The van der Waals surface area contributed by atoms with E-state index in [0.29, 0.717) is 71.8 Å². The molecule has 0 bridgehead atoms. The van der Waals surface area contributed by atoms with Crippen LogP contribution in [0.25, 0.3) is 0 Å². The van der Waals surface area contributed by atoms with Crippen molar-refractivity contribution in [2.75, 3.05) is 52.3 Å². The second kappa shape index (κ2) is 16.8. The molecule has 11 nitrogen and oxygen atoms in total. The summed E-state index contributed by atoms with van der Waals surface area (Å²) in [7, 11) is 1.58. The van der Waals surface area contributed by atoms with Gasteiger partial charge in [0.25, 0.3) is 5.91 Å². The van der Waals surface area contributed by atoms with Crippen molar-refractivity contribution in [1.29, 1.82) is 0 Å². The van der Waals surface area contributed by atoms with E-state index >= 15 is 0 Å². The van der Waals surface area contributed by atoms with Gasteiger partial charge in [-0.05, 0) is 54.7 Å². The number of nitrogens with zero attached hydrogens (tertiary/aromatic N) is 3. The van der Waals surface area contributed by atoms with E-state index in [0.717, 1.165) is 43.9 Å². The summed E-state index contributed by atoms with van der Waals surface area (Å²) in [5.41, 5.74) is 1.95. The number of hydrogen-bond acceptors (Lipinski definition) is 10. The van der Waals surface area contributed by atoms with E-state index in [4.69, 9.17) is 46.9 Å². The molecule has 2 atom stereocenters. The Labute approximate surface area is 308 Å². The van der Waals surface area contributed by atoms with Crippen molar-refractivity contribution in [2.45, 2.75) is 43.9 Å². The number of pyridine rings is 1. The van der Waals surface area contributed by atoms with E-state index in [1.807, 2.05) is 0 Å². The molecule has 2 aromatic carbocycles. The Morgan fingerprint density at radius 1 is 1.04 bits per heavy atom. The lowest BCUT2D eigenvalue weighted by Crippen LogP contribution is -2.41. The fourth-order valence-corrected chi connectivity index (χ4v) is 7.63. The van der Waals surface area contributed by atoms with Crippen LogP contribution in [0.5, 0.6) is 17.2 Å². The van der Waals surface area contributed by atoms with Gasteiger partial charge in [0.15, 0.2) is 29.3 Å². The Bertz CT molecular complexity index is 1710. The molecule has 3 aromatic rings. The molecule has 51 heavy (non-hydrogen) atoms. The summed E-state index contributed by atoms with van der Waals surface area (Å²) in [6.07, 6.45) is 3.04. The molecule has 2 aliphatic heterocycles. The molecule has 0 N–H and O–H groups in total. The highest BCUT2D eigenvalue weighted by Crippen LogP contribution is 2.39. The molecule has 3 aliphatic rings. The maximum atomic E-state index is 14.0. The third kappa shape index (κ3) is 9.46. The molecule has 274 valence electrons. The first-order valence-corrected chi connectivity index (χ1v) is 18.3. The van der Waals surface area contributed by atoms with Crippen LogP contribution in [0, 0.1) is 11.1 Å². The molecule has 3 fully saturated rings. The van der Waals surface area contributed by atoms with Crippen LogP contribution >= 0.6 is 35.0 Å². The number of esters is 1. The molecule has 2 saturated heterocycles. The van der Waals surface area contributed by atoms with Crippen LogP contribution in [0.4, 0.5) is 8.78 Å². The zero-order valence-electron chi connectivity index (χ0n) is 27.7. The largest absolute Gasteiger partial charge is 0.619 e. The Hall–Kier alpha value is -3.56. The monoisotopic (exact) mass is 767 g/mol. The van der Waals surface area contributed by atoms with Crippen LogP contribution in [0.2, 0.25) is 10.0 Å². The molecule has 0 spiro atoms. The first kappa shape index (κ1) is 37.2. The van der Waals surface area contributed by atoms with E-state index in [9.17, 15) is 23.6 Å². The minimum absolute atomic E-state index is 0.0424. The summed E-state index contributed by atoms with van der Waals surface area (Å²) in [6, 6.07) is 9.50. The van der Waals surface area contributed by atoms with Gasteiger partial charge in [-0.3, -0.25) is 9.69 Å². The summed E-state index contributed by atoms with van der Waals surface area (Å²) in [5, 5.41) is 11.1. The molecule has 0 radical (unpaired) electrons. The number of alkyl halides is 2.